The quantitative estimate of drug-likeness (QED) is 0.0352. The fourth-order valence-electron chi connectivity index (χ4n) is 5.14. The van der Waals surface area contributed by atoms with E-state index in [1.807, 2.05) is 44.4 Å². The lowest BCUT2D eigenvalue weighted by Gasteiger charge is -2.13. The zero-order valence-electron chi connectivity index (χ0n) is 31.2. The Labute approximate surface area is 321 Å². The van der Waals surface area contributed by atoms with Crippen molar-refractivity contribution in [3.8, 4) is 11.1 Å². The number of ether oxygens (including phenoxy) is 3. The molecule has 1 fully saturated rings. The lowest BCUT2D eigenvalue weighted by atomic mass is 10.1. The van der Waals surface area contributed by atoms with Gasteiger partial charge in [0.2, 0.25) is 23.6 Å². The van der Waals surface area contributed by atoms with Crippen LogP contribution in [0.2, 0.25) is 0 Å². The Bertz CT molecular complexity index is 1660. The van der Waals surface area contributed by atoms with E-state index >= 15 is 0 Å². The Kier molecular flexibility index (Phi) is 18.5. The Morgan fingerprint density at radius 3 is 2.30 bits per heavy atom. The standard InChI is InChI=1S/C38H52N6O9S/c1-5-7-30(24-41-34(46)13-18-51-20-21-52-19-15-39-33(45)12-16-44-35(47)23-32(54)38(44)50)53-17-6-14-40-37(49)31-22-28(25-43(31)4)27-8-10-29(11-9-27)42-36(48)26(2)3/h7-11,22,25,32,54H,2,5-6,12-21,23-24H2,1,3-4H3,(H,39,45)(H,40,49)(H,41,46)(H,42,48)/b30-7+. The molecule has 16 heteroatoms. The summed E-state index contributed by atoms with van der Waals surface area (Å²) in [6, 6.07) is 9.17. The molecule has 1 aromatic heterocycles. The number of benzene rings is 1. The summed E-state index contributed by atoms with van der Waals surface area (Å²) in [5.74, 6) is -0.976. The summed E-state index contributed by atoms with van der Waals surface area (Å²) in [7, 11) is 1.81. The summed E-state index contributed by atoms with van der Waals surface area (Å²) in [6.07, 6.45) is 5.30. The number of carbonyl (C=O) groups excluding carboxylic acids is 6. The number of anilines is 1. The van der Waals surface area contributed by atoms with Gasteiger partial charge in [-0.2, -0.15) is 12.6 Å². The average Bonchev–Trinajstić information content (AvgIpc) is 3.65. The predicted molar refractivity (Wildman–Crippen MR) is 207 cm³/mol. The number of thiol groups is 1. The highest BCUT2D eigenvalue weighted by atomic mass is 32.1. The van der Waals surface area contributed by atoms with E-state index in [0.29, 0.717) is 42.3 Å². The van der Waals surface area contributed by atoms with Gasteiger partial charge in [-0.25, -0.2) is 0 Å². The summed E-state index contributed by atoms with van der Waals surface area (Å²) in [6.45, 7) is 9.61. The summed E-state index contributed by atoms with van der Waals surface area (Å²) in [5.41, 5.74) is 3.37. The zero-order chi connectivity index (χ0) is 39.5. The summed E-state index contributed by atoms with van der Waals surface area (Å²) < 4.78 is 18.5. The van der Waals surface area contributed by atoms with E-state index in [2.05, 4.69) is 40.5 Å². The number of hydrogen-bond acceptors (Lipinski definition) is 10. The third kappa shape index (κ3) is 14.8. The van der Waals surface area contributed by atoms with Gasteiger partial charge in [-0.1, -0.05) is 25.6 Å². The van der Waals surface area contributed by atoms with Crippen LogP contribution in [0.3, 0.4) is 0 Å². The van der Waals surface area contributed by atoms with E-state index in [1.165, 1.54) is 0 Å². The van der Waals surface area contributed by atoms with Crippen LogP contribution in [0.1, 0.15) is 56.4 Å². The van der Waals surface area contributed by atoms with Crippen LogP contribution in [-0.2, 0) is 45.2 Å². The molecule has 1 aliphatic rings. The van der Waals surface area contributed by atoms with Crippen molar-refractivity contribution in [1.82, 2.24) is 25.4 Å². The first-order valence-corrected chi connectivity index (χ1v) is 18.5. The normalized spacial score (nSPS) is 14.2. The first-order chi connectivity index (χ1) is 25.9. The smallest absolute Gasteiger partial charge is 0.267 e. The van der Waals surface area contributed by atoms with Gasteiger partial charge in [-0.15, -0.1) is 0 Å². The second kappa shape index (κ2) is 23.0. The zero-order valence-corrected chi connectivity index (χ0v) is 32.1. The van der Waals surface area contributed by atoms with Crippen LogP contribution in [0, 0.1) is 0 Å². The van der Waals surface area contributed by atoms with Crippen molar-refractivity contribution in [2.75, 3.05) is 64.5 Å². The molecule has 15 nitrogen and oxygen atoms in total. The fraction of sp³-hybridized carbons (Fsp3) is 0.474. The number of aryl methyl sites for hydroxylation is 1. The maximum absolute atomic E-state index is 12.9. The number of rotatable bonds is 24. The van der Waals surface area contributed by atoms with Crippen molar-refractivity contribution in [3.63, 3.8) is 0 Å². The number of allylic oxidation sites excluding steroid dienone is 1. The van der Waals surface area contributed by atoms with Gasteiger partial charge in [0, 0.05) is 69.0 Å². The average molecular weight is 769 g/mol. The maximum Gasteiger partial charge on any atom is 0.267 e. The first-order valence-electron chi connectivity index (χ1n) is 17.9. The Balaban J connectivity index is 1.21. The maximum atomic E-state index is 12.9. The van der Waals surface area contributed by atoms with Crippen LogP contribution in [-0.4, -0.2) is 109 Å². The number of imide groups is 1. The molecule has 6 amide bonds. The molecule has 0 saturated carbocycles. The van der Waals surface area contributed by atoms with Crippen LogP contribution in [0.15, 0.2) is 60.5 Å². The molecule has 1 atom stereocenters. The van der Waals surface area contributed by atoms with Gasteiger partial charge >= 0.3 is 0 Å². The molecular weight excluding hydrogens is 717 g/mol. The van der Waals surface area contributed by atoms with Gasteiger partial charge in [0.15, 0.2) is 0 Å². The number of nitrogens with zero attached hydrogens (tertiary/aromatic N) is 2. The molecule has 0 bridgehead atoms. The van der Waals surface area contributed by atoms with Gasteiger partial charge in [-0.05, 0) is 49.6 Å². The molecule has 54 heavy (non-hydrogen) atoms. The Morgan fingerprint density at radius 2 is 1.63 bits per heavy atom. The number of carbonyl (C=O) groups is 6. The second-order valence-corrected chi connectivity index (χ2v) is 13.2. The van der Waals surface area contributed by atoms with Crippen molar-refractivity contribution < 1.29 is 43.0 Å². The van der Waals surface area contributed by atoms with E-state index in [1.54, 1.807) is 23.6 Å². The van der Waals surface area contributed by atoms with Gasteiger partial charge in [0.05, 0.1) is 44.8 Å². The lowest BCUT2D eigenvalue weighted by Crippen LogP contribution is -2.36. The largest absolute Gasteiger partial charge is 0.496 e. The second-order valence-electron chi connectivity index (χ2n) is 12.5. The van der Waals surface area contributed by atoms with E-state index in [0.717, 1.165) is 22.4 Å². The summed E-state index contributed by atoms with van der Waals surface area (Å²) >= 11 is 4.06. The topological polar surface area (TPSA) is 186 Å². The molecule has 1 saturated heterocycles. The van der Waals surface area contributed by atoms with Crippen molar-refractivity contribution in [3.05, 3.63) is 66.2 Å². The minimum Gasteiger partial charge on any atom is -0.496 e. The monoisotopic (exact) mass is 768 g/mol. The molecule has 1 unspecified atom stereocenters. The number of amides is 6. The van der Waals surface area contributed by atoms with Crippen molar-refractivity contribution in [1.29, 1.82) is 0 Å². The van der Waals surface area contributed by atoms with Crippen LogP contribution in [0.4, 0.5) is 5.69 Å². The van der Waals surface area contributed by atoms with Crippen LogP contribution < -0.4 is 21.3 Å². The molecule has 0 spiro atoms. The van der Waals surface area contributed by atoms with Crippen molar-refractivity contribution in [2.45, 2.75) is 51.2 Å². The molecule has 3 rings (SSSR count). The minimum absolute atomic E-state index is 0.0156. The highest BCUT2D eigenvalue weighted by Crippen LogP contribution is 2.24. The van der Waals surface area contributed by atoms with Crippen LogP contribution in [0.5, 0.6) is 0 Å². The highest BCUT2D eigenvalue weighted by Gasteiger charge is 2.36. The van der Waals surface area contributed by atoms with Gasteiger partial charge in [0.1, 0.15) is 11.5 Å². The van der Waals surface area contributed by atoms with Crippen LogP contribution in [0.25, 0.3) is 11.1 Å². The van der Waals surface area contributed by atoms with E-state index in [9.17, 15) is 28.8 Å². The van der Waals surface area contributed by atoms with Gasteiger partial charge in [-0.3, -0.25) is 33.7 Å². The number of nitrogens with one attached hydrogen (secondary N) is 4. The van der Waals surface area contributed by atoms with E-state index < -0.39 is 5.25 Å². The number of likely N-dealkylation sites (tertiary alicyclic amines) is 1. The van der Waals surface area contributed by atoms with Crippen molar-refractivity contribution in [2.24, 2.45) is 7.05 Å². The summed E-state index contributed by atoms with van der Waals surface area (Å²) in [4.78, 5) is 73.6. The molecule has 2 heterocycles. The summed E-state index contributed by atoms with van der Waals surface area (Å²) in [5, 5.41) is 10.6. The third-order valence-electron chi connectivity index (χ3n) is 8.08. The van der Waals surface area contributed by atoms with Crippen LogP contribution >= 0.6 is 12.6 Å². The fourth-order valence-corrected chi connectivity index (χ4v) is 5.43. The third-order valence-corrected chi connectivity index (χ3v) is 8.49. The molecule has 2 aromatic rings. The van der Waals surface area contributed by atoms with Crippen molar-refractivity contribution >= 4 is 53.8 Å². The molecule has 1 aliphatic heterocycles. The predicted octanol–water partition coefficient (Wildman–Crippen LogP) is 2.74. The highest BCUT2D eigenvalue weighted by molar-refractivity contribution is 7.81. The Hall–Kier alpha value is -4.93. The molecule has 294 valence electrons. The number of hydrogen-bond donors (Lipinski definition) is 5. The molecule has 0 radical (unpaired) electrons. The molecule has 0 aliphatic carbocycles. The molecule has 1 aromatic carbocycles. The van der Waals surface area contributed by atoms with Gasteiger partial charge < -0.3 is 40.0 Å². The Morgan fingerprint density at radius 1 is 0.926 bits per heavy atom. The lowest BCUT2D eigenvalue weighted by molar-refractivity contribution is -0.138. The SMILES string of the molecule is C=C(C)C(=O)Nc1ccc(-c2cc(C(=O)NCCCO/C(=C/CC)CNC(=O)CCOCCOCCNC(=O)CCN3C(=O)CC(S)C3=O)n(C)c2)cc1. The minimum atomic E-state index is -0.631. The molecule has 4 N–H and O–H groups in total. The molecular formula is C38H52N6O9S. The van der Waals surface area contributed by atoms with Gasteiger partial charge in [0.25, 0.3) is 11.8 Å². The van der Waals surface area contributed by atoms with E-state index in [-0.39, 0.29) is 101 Å². The van der Waals surface area contributed by atoms with E-state index in [4.69, 9.17) is 14.2 Å². The first kappa shape index (κ1) is 43.5. The number of aromatic nitrogens is 1.